The van der Waals surface area contributed by atoms with Crippen LogP contribution >= 0.6 is 11.6 Å². The molecule has 3 heteroatoms. The standard InChI is InChI=1S/C18H20ClN2/c1-20-9-11-21(12-10-20)17-7-4-5-15(14-17)13-16-6-2-3-8-18(16)19/h2-3,5-8,14H,9-13H2,1H3. The molecule has 1 fully saturated rings. The first-order chi connectivity index (χ1) is 10.2. The second-order valence-electron chi connectivity index (χ2n) is 5.66. The van der Waals surface area contributed by atoms with Crippen LogP contribution in [0, 0.1) is 6.07 Å². The molecule has 0 bridgehead atoms. The number of rotatable bonds is 3. The third-order valence-corrected chi connectivity index (χ3v) is 4.42. The number of piperazine rings is 1. The minimum atomic E-state index is 0.836. The summed E-state index contributed by atoms with van der Waals surface area (Å²) >= 11 is 6.25. The van der Waals surface area contributed by atoms with E-state index in [0.717, 1.165) is 37.6 Å². The number of nitrogens with zero attached hydrogens (tertiary/aromatic N) is 2. The fourth-order valence-electron chi connectivity index (χ4n) is 2.72. The molecule has 0 N–H and O–H groups in total. The van der Waals surface area contributed by atoms with Crippen LogP contribution in [0.15, 0.2) is 42.5 Å². The summed E-state index contributed by atoms with van der Waals surface area (Å²) in [6.45, 7) is 4.41. The lowest BCUT2D eigenvalue weighted by atomic mass is 10.0. The second-order valence-corrected chi connectivity index (χ2v) is 6.07. The van der Waals surface area contributed by atoms with E-state index in [1.165, 1.54) is 16.8 Å². The molecule has 1 saturated heterocycles. The maximum Gasteiger partial charge on any atom is 0.0441 e. The Morgan fingerprint density at radius 2 is 1.86 bits per heavy atom. The van der Waals surface area contributed by atoms with Crippen molar-refractivity contribution in [3.8, 4) is 0 Å². The highest BCUT2D eigenvalue weighted by Crippen LogP contribution is 2.22. The molecule has 2 nitrogen and oxygen atoms in total. The molecule has 109 valence electrons. The summed E-state index contributed by atoms with van der Waals surface area (Å²) in [5, 5.41) is 0.836. The first-order valence-corrected chi connectivity index (χ1v) is 7.77. The molecule has 2 aromatic carbocycles. The molecule has 2 aromatic rings. The third kappa shape index (κ3) is 3.58. The molecular formula is C18H20ClN2. The molecule has 0 unspecified atom stereocenters. The van der Waals surface area contributed by atoms with Gasteiger partial charge in [-0.15, -0.1) is 0 Å². The summed E-state index contributed by atoms with van der Waals surface area (Å²) in [7, 11) is 2.18. The van der Waals surface area contributed by atoms with Gasteiger partial charge in [-0.2, -0.15) is 0 Å². The zero-order chi connectivity index (χ0) is 14.7. The van der Waals surface area contributed by atoms with Crippen molar-refractivity contribution in [2.24, 2.45) is 0 Å². The third-order valence-electron chi connectivity index (χ3n) is 4.05. The second kappa shape index (κ2) is 6.50. The van der Waals surface area contributed by atoms with Gasteiger partial charge in [-0.1, -0.05) is 35.9 Å². The van der Waals surface area contributed by atoms with Crippen LogP contribution in [0.5, 0.6) is 0 Å². The average Bonchev–Trinajstić information content (AvgIpc) is 2.51. The Hall–Kier alpha value is -1.51. The van der Waals surface area contributed by atoms with E-state index in [2.05, 4.69) is 47.2 Å². The fraction of sp³-hybridized carbons (Fsp3) is 0.333. The Bertz CT molecular complexity index is 604. The molecule has 0 saturated carbocycles. The lowest BCUT2D eigenvalue weighted by Gasteiger charge is -2.34. The van der Waals surface area contributed by atoms with Crippen molar-refractivity contribution in [2.45, 2.75) is 6.42 Å². The van der Waals surface area contributed by atoms with Crippen molar-refractivity contribution in [1.29, 1.82) is 0 Å². The van der Waals surface area contributed by atoms with Crippen molar-refractivity contribution in [1.82, 2.24) is 4.90 Å². The Balaban J connectivity index is 1.76. The van der Waals surface area contributed by atoms with Gasteiger partial charge in [-0.05, 0) is 48.9 Å². The van der Waals surface area contributed by atoms with E-state index in [0.29, 0.717) is 0 Å². The summed E-state index contributed by atoms with van der Waals surface area (Å²) in [6.07, 6.45) is 0.859. The topological polar surface area (TPSA) is 6.48 Å². The molecule has 1 aliphatic heterocycles. The summed E-state index contributed by atoms with van der Waals surface area (Å²) in [4.78, 5) is 4.81. The highest BCUT2D eigenvalue weighted by molar-refractivity contribution is 6.31. The molecule has 1 heterocycles. The van der Waals surface area contributed by atoms with Crippen LogP contribution in [0.1, 0.15) is 11.1 Å². The van der Waals surface area contributed by atoms with E-state index < -0.39 is 0 Å². The number of anilines is 1. The van der Waals surface area contributed by atoms with Gasteiger partial charge < -0.3 is 9.80 Å². The fourth-order valence-corrected chi connectivity index (χ4v) is 2.92. The van der Waals surface area contributed by atoms with E-state index in [4.69, 9.17) is 11.6 Å². The van der Waals surface area contributed by atoms with Crippen LogP contribution in [0.4, 0.5) is 5.69 Å². The molecule has 0 spiro atoms. The van der Waals surface area contributed by atoms with Gasteiger partial charge in [0.1, 0.15) is 0 Å². The number of benzene rings is 2. The summed E-state index contributed by atoms with van der Waals surface area (Å²) in [5.41, 5.74) is 3.70. The predicted octanol–water partition coefficient (Wildman–Crippen LogP) is 3.48. The van der Waals surface area contributed by atoms with Gasteiger partial charge in [0.2, 0.25) is 0 Å². The van der Waals surface area contributed by atoms with Crippen molar-refractivity contribution in [3.63, 3.8) is 0 Å². The highest BCUT2D eigenvalue weighted by atomic mass is 35.5. The maximum atomic E-state index is 6.25. The normalized spacial score (nSPS) is 16.2. The number of hydrogen-bond donors (Lipinski definition) is 0. The maximum absolute atomic E-state index is 6.25. The van der Waals surface area contributed by atoms with Crippen molar-refractivity contribution >= 4 is 17.3 Å². The van der Waals surface area contributed by atoms with Gasteiger partial charge >= 0.3 is 0 Å². The Kier molecular flexibility index (Phi) is 4.47. The van der Waals surface area contributed by atoms with Gasteiger partial charge in [-0.3, -0.25) is 0 Å². The highest BCUT2D eigenvalue weighted by Gasteiger charge is 2.14. The average molecular weight is 300 g/mol. The van der Waals surface area contributed by atoms with Gasteiger partial charge in [0.25, 0.3) is 0 Å². The largest absolute Gasteiger partial charge is 0.369 e. The Morgan fingerprint density at radius 3 is 2.62 bits per heavy atom. The molecule has 0 aliphatic carbocycles. The number of halogens is 1. The van der Waals surface area contributed by atoms with Crippen LogP contribution in [-0.4, -0.2) is 38.1 Å². The van der Waals surface area contributed by atoms with Crippen molar-refractivity contribution < 1.29 is 0 Å². The SMILES string of the molecule is CN1CCN(c2c[c]cc(Cc3ccccc3Cl)c2)CC1. The van der Waals surface area contributed by atoms with Crippen LogP contribution in [0.3, 0.4) is 0 Å². The van der Waals surface area contributed by atoms with Gasteiger partial charge in [0.05, 0.1) is 0 Å². The van der Waals surface area contributed by atoms with E-state index >= 15 is 0 Å². The van der Waals surface area contributed by atoms with Gasteiger partial charge in [0.15, 0.2) is 0 Å². The first-order valence-electron chi connectivity index (χ1n) is 7.39. The van der Waals surface area contributed by atoms with Gasteiger partial charge in [-0.25, -0.2) is 0 Å². The quantitative estimate of drug-likeness (QED) is 0.856. The molecule has 21 heavy (non-hydrogen) atoms. The molecule has 0 atom stereocenters. The summed E-state index contributed by atoms with van der Waals surface area (Å²) < 4.78 is 0. The molecule has 0 amide bonds. The smallest absolute Gasteiger partial charge is 0.0441 e. The lowest BCUT2D eigenvalue weighted by Crippen LogP contribution is -2.44. The summed E-state index contributed by atoms with van der Waals surface area (Å²) in [6, 6.07) is 17.7. The van der Waals surface area contributed by atoms with Crippen LogP contribution in [0.25, 0.3) is 0 Å². The number of hydrogen-bond acceptors (Lipinski definition) is 2. The zero-order valence-electron chi connectivity index (χ0n) is 12.3. The molecule has 3 rings (SSSR count). The van der Waals surface area contributed by atoms with E-state index in [-0.39, 0.29) is 0 Å². The van der Waals surface area contributed by atoms with E-state index in [9.17, 15) is 0 Å². The molecule has 1 radical (unpaired) electrons. The monoisotopic (exact) mass is 299 g/mol. The minimum Gasteiger partial charge on any atom is -0.369 e. The molecule has 0 aromatic heterocycles. The summed E-state index contributed by atoms with van der Waals surface area (Å²) in [5.74, 6) is 0. The van der Waals surface area contributed by atoms with E-state index in [1.807, 2.05) is 18.2 Å². The van der Waals surface area contributed by atoms with Crippen LogP contribution in [-0.2, 0) is 6.42 Å². The molecule has 1 aliphatic rings. The van der Waals surface area contributed by atoms with Crippen molar-refractivity contribution in [3.05, 3.63) is 64.7 Å². The predicted molar refractivity (Wildman–Crippen MR) is 89.2 cm³/mol. The van der Waals surface area contributed by atoms with Crippen molar-refractivity contribution in [2.75, 3.05) is 38.1 Å². The van der Waals surface area contributed by atoms with Crippen LogP contribution in [0.2, 0.25) is 5.02 Å². The molecular weight excluding hydrogens is 280 g/mol. The Morgan fingerprint density at radius 1 is 1.10 bits per heavy atom. The minimum absolute atomic E-state index is 0.836. The van der Waals surface area contributed by atoms with E-state index in [1.54, 1.807) is 0 Å². The van der Waals surface area contributed by atoms with Gasteiger partial charge in [0, 0.05) is 36.9 Å². The number of likely N-dealkylation sites (N-methyl/N-ethyl adjacent to an activating group) is 1. The lowest BCUT2D eigenvalue weighted by molar-refractivity contribution is 0.313. The zero-order valence-corrected chi connectivity index (χ0v) is 13.1. The van der Waals surface area contributed by atoms with Crippen LogP contribution < -0.4 is 4.90 Å². The first kappa shape index (κ1) is 14.4. The Labute approximate surface area is 131 Å².